The summed E-state index contributed by atoms with van der Waals surface area (Å²) in [7, 11) is -3.24. The van der Waals surface area contributed by atoms with Crippen molar-refractivity contribution in [1.82, 2.24) is 9.78 Å². The molecule has 0 spiro atoms. The summed E-state index contributed by atoms with van der Waals surface area (Å²) in [5, 5.41) is 7.58. The van der Waals surface area contributed by atoms with E-state index in [4.69, 9.17) is 9.47 Å². The molecule has 0 bridgehead atoms. The van der Waals surface area contributed by atoms with Crippen LogP contribution in [0, 0.1) is 0 Å². The number of nitrogens with one attached hydrogen (secondary N) is 1. The van der Waals surface area contributed by atoms with Gasteiger partial charge in [-0.1, -0.05) is 12.1 Å². The number of ether oxygens (including phenoxy) is 2. The molecule has 0 saturated carbocycles. The highest BCUT2D eigenvalue weighted by Gasteiger charge is 2.25. The second-order valence-corrected chi connectivity index (χ2v) is 10.1. The van der Waals surface area contributed by atoms with Crippen LogP contribution in [0.15, 0.2) is 47.4 Å². The lowest BCUT2D eigenvalue weighted by Crippen LogP contribution is -2.15. The number of nitrogens with zero attached hydrogens (tertiary/aromatic N) is 2. The first kappa shape index (κ1) is 20.6. The molecule has 2 aromatic carbocycles. The monoisotopic (exact) mass is 453 g/mol. The van der Waals surface area contributed by atoms with Crippen LogP contribution < -0.4 is 14.8 Å². The number of aromatic nitrogens is 2. The number of hydrogen-bond acceptors (Lipinski definition) is 6. The molecule has 0 saturated heterocycles. The van der Waals surface area contributed by atoms with E-state index in [0.717, 1.165) is 42.5 Å². The van der Waals surface area contributed by atoms with E-state index in [0.29, 0.717) is 29.4 Å². The number of fused-ring (bicyclic) bond motifs is 2. The standard InChI is InChI=1S/C23H23N3O5S/c1-32(28,29)17-9-6-15(7-10-17)13-26-19-5-3-2-4-18(19)22(25-26)23(27)24-16-8-11-20-21(12-16)31-14-30-20/h6-12H,2-5,13-14H2,1H3,(H,24,27). The van der Waals surface area contributed by atoms with Gasteiger partial charge in [-0.25, -0.2) is 8.42 Å². The third-order valence-electron chi connectivity index (χ3n) is 5.79. The van der Waals surface area contributed by atoms with Gasteiger partial charge in [-0.15, -0.1) is 0 Å². The second-order valence-electron chi connectivity index (χ2n) is 8.08. The van der Waals surface area contributed by atoms with Gasteiger partial charge in [0.1, 0.15) is 0 Å². The minimum atomic E-state index is -3.24. The summed E-state index contributed by atoms with van der Waals surface area (Å²) < 4.78 is 36.0. The maximum Gasteiger partial charge on any atom is 0.276 e. The van der Waals surface area contributed by atoms with Crippen molar-refractivity contribution < 1.29 is 22.7 Å². The van der Waals surface area contributed by atoms with Crippen LogP contribution in [0.25, 0.3) is 0 Å². The zero-order valence-electron chi connectivity index (χ0n) is 17.6. The van der Waals surface area contributed by atoms with Crippen LogP contribution in [0.4, 0.5) is 5.69 Å². The van der Waals surface area contributed by atoms with Crippen molar-refractivity contribution in [2.24, 2.45) is 0 Å². The van der Waals surface area contributed by atoms with Crippen LogP contribution in [-0.4, -0.2) is 37.2 Å². The summed E-state index contributed by atoms with van der Waals surface area (Å²) >= 11 is 0. The summed E-state index contributed by atoms with van der Waals surface area (Å²) in [6, 6.07) is 12.1. The molecule has 8 nitrogen and oxygen atoms in total. The van der Waals surface area contributed by atoms with Gasteiger partial charge in [0.25, 0.3) is 5.91 Å². The number of carbonyl (C=O) groups excluding carboxylic acids is 1. The van der Waals surface area contributed by atoms with Gasteiger partial charge in [0, 0.05) is 29.3 Å². The van der Waals surface area contributed by atoms with Gasteiger partial charge in [0.2, 0.25) is 6.79 Å². The number of rotatable bonds is 5. The van der Waals surface area contributed by atoms with Crippen LogP contribution >= 0.6 is 0 Å². The maximum atomic E-state index is 13.1. The highest BCUT2D eigenvalue weighted by atomic mass is 32.2. The number of sulfone groups is 1. The third-order valence-corrected chi connectivity index (χ3v) is 6.91. The van der Waals surface area contributed by atoms with Crippen LogP contribution in [0.5, 0.6) is 11.5 Å². The summed E-state index contributed by atoms with van der Waals surface area (Å²) in [5.41, 5.74) is 4.04. The molecule has 5 rings (SSSR count). The Kier molecular flexibility index (Phi) is 5.13. The molecule has 0 atom stereocenters. The molecule has 32 heavy (non-hydrogen) atoms. The van der Waals surface area contributed by atoms with E-state index in [9.17, 15) is 13.2 Å². The normalized spacial score (nSPS) is 14.8. The van der Waals surface area contributed by atoms with Gasteiger partial charge < -0.3 is 14.8 Å². The molecule has 1 aromatic heterocycles. The van der Waals surface area contributed by atoms with E-state index >= 15 is 0 Å². The van der Waals surface area contributed by atoms with Crippen molar-refractivity contribution in [3.8, 4) is 11.5 Å². The molecule has 1 aliphatic carbocycles. The molecule has 0 fully saturated rings. The van der Waals surface area contributed by atoms with Gasteiger partial charge in [0.05, 0.1) is 11.4 Å². The van der Waals surface area contributed by atoms with Gasteiger partial charge >= 0.3 is 0 Å². The van der Waals surface area contributed by atoms with E-state index in [-0.39, 0.29) is 17.6 Å². The number of anilines is 1. The average Bonchev–Trinajstić information content (AvgIpc) is 3.38. The van der Waals surface area contributed by atoms with Crippen LogP contribution in [0.1, 0.15) is 40.2 Å². The molecule has 1 N–H and O–H groups in total. The van der Waals surface area contributed by atoms with Crippen LogP contribution in [0.2, 0.25) is 0 Å². The lowest BCUT2D eigenvalue weighted by Gasteiger charge is -2.14. The van der Waals surface area contributed by atoms with Gasteiger partial charge in [-0.2, -0.15) is 5.10 Å². The van der Waals surface area contributed by atoms with Gasteiger partial charge in [-0.3, -0.25) is 9.48 Å². The van der Waals surface area contributed by atoms with E-state index in [1.807, 2.05) is 4.68 Å². The Morgan fingerprint density at radius 1 is 1.06 bits per heavy atom. The van der Waals surface area contributed by atoms with Crippen molar-refractivity contribution in [3.05, 3.63) is 65.0 Å². The summed E-state index contributed by atoms with van der Waals surface area (Å²) in [4.78, 5) is 13.4. The van der Waals surface area contributed by atoms with Crippen molar-refractivity contribution in [3.63, 3.8) is 0 Å². The molecular formula is C23H23N3O5S. The van der Waals surface area contributed by atoms with Crippen LogP contribution in [-0.2, 0) is 29.2 Å². The molecule has 3 aromatic rings. The van der Waals surface area contributed by atoms with Crippen molar-refractivity contribution in [1.29, 1.82) is 0 Å². The number of amides is 1. The molecule has 166 valence electrons. The third kappa shape index (κ3) is 3.95. The van der Waals surface area contributed by atoms with Crippen LogP contribution in [0.3, 0.4) is 0 Å². The Morgan fingerprint density at radius 2 is 1.81 bits per heavy atom. The molecule has 0 unspecified atom stereocenters. The topological polar surface area (TPSA) is 99.5 Å². The second kappa shape index (κ2) is 7.98. The fraction of sp³-hybridized carbons (Fsp3) is 0.304. The molecule has 2 heterocycles. The molecule has 0 radical (unpaired) electrons. The summed E-state index contributed by atoms with van der Waals surface area (Å²) in [6.45, 7) is 0.652. The largest absolute Gasteiger partial charge is 0.454 e. The summed E-state index contributed by atoms with van der Waals surface area (Å²) in [6.07, 6.45) is 4.94. The van der Waals surface area contributed by atoms with Crippen molar-refractivity contribution >= 4 is 21.4 Å². The molecule has 9 heteroatoms. The van der Waals surface area contributed by atoms with E-state index in [1.54, 1.807) is 42.5 Å². The first-order valence-corrected chi connectivity index (χ1v) is 12.4. The smallest absolute Gasteiger partial charge is 0.276 e. The van der Waals surface area contributed by atoms with E-state index in [1.165, 1.54) is 6.26 Å². The number of benzene rings is 2. The molecular weight excluding hydrogens is 430 g/mol. The number of hydrogen-bond donors (Lipinski definition) is 1. The molecule has 2 aliphatic rings. The predicted octanol–water partition coefficient (Wildman–Crippen LogP) is 3.19. The lowest BCUT2D eigenvalue weighted by molar-refractivity contribution is 0.102. The zero-order chi connectivity index (χ0) is 22.3. The van der Waals surface area contributed by atoms with E-state index in [2.05, 4.69) is 10.4 Å². The first-order chi connectivity index (χ1) is 15.4. The van der Waals surface area contributed by atoms with Crippen molar-refractivity contribution in [2.45, 2.75) is 37.1 Å². The first-order valence-electron chi connectivity index (χ1n) is 10.5. The Morgan fingerprint density at radius 3 is 2.59 bits per heavy atom. The van der Waals surface area contributed by atoms with Gasteiger partial charge in [-0.05, 0) is 55.5 Å². The average molecular weight is 454 g/mol. The fourth-order valence-corrected chi connectivity index (χ4v) is 4.79. The van der Waals surface area contributed by atoms with Crippen molar-refractivity contribution in [2.75, 3.05) is 18.4 Å². The Hall–Kier alpha value is -3.33. The SMILES string of the molecule is CS(=O)(=O)c1ccc(Cn2nc(C(=O)Nc3ccc4c(c3)OCO4)c3c2CCCC3)cc1. The highest BCUT2D eigenvalue weighted by Crippen LogP contribution is 2.34. The Labute approximate surface area is 186 Å². The lowest BCUT2D eigenvalue weighted by atomic mass is 9.95. The summed E-state index contributed by atoms with van der Waals surface area (Å²) in [5.74, 6) is 1.01. The Balaban J connectivity index is 1.41. The number of carbonyl (C=O) groups is 1. The fourth-order valence-electron chi connectivity index (χ4n) is 4.16. The minimum absolute atomic E-state index is 0.176. The quantitative estimate of drug-likeness (QED) is 0.637. The zero-order valence-corrected chi connectivity index (χ0v) is 18.4. The predicted molar refractivity (Wildman–Crippen MR) is 118 cm³/mol. The minimum Gasteiger partial charge on any atom is -0.454 e. The maximum absolute atomic E-state index is 13.1. The van der Waals surface area contributed by atoms with E-state index < -0.39 is 9.84 Å². The highest BCUT2D eigenvalue weighted by molar-refractivity contribution is 7.90. The van der Waals surface area contributed by atoms with Gasteiger partial charge in [0.15, 0.2) is 27.0 Å². The Bertz CT molecular complexity index is 1300. The molecule has 1 aliphatic heterocycles. The molecule has 1 amide bonds.